The lowest BCUT2D eigenvalue weighted by Crippen LogP contribution is -2.58. The first kappa shape index (κ1) is 23.7. The molecule has 1 unspecified atom stereocenters. The van der Waals surface area contributed by atoms with Crippen LogP contribution in [0.2, 0.25) is 0 Å². The van der Waals surface area contributed by atoms with Gasteiger partial charge in [-0.05, 0) is 74.7 Å². The van der Waals surface area contributed by atoms with Gasteiger partial charge in [0.15, 0.2) is 0 Å². The number of nitrogens with one attached hydrogen (secondary N) is 1. The van der Waals surface area contributed by atoms with Gasteiger partial charge < -0.3 is 10.2 Å². The molecule has 1 amide bonds. The summed E-state index contributed by atoms with van der Waals surface area (Å²) in [5.74, 6) is 0.937. The van der Waals surface area contributed by atoms with Gasteiger partial charge >= 0.3 is 6.18 Å². The molecular weight excluding hydrogens is 429 g/mol. The summed E-state index contributed by atoms with van der Waals surface area (Å²) in [4.78, 5) is 21.7. The van der Waals surface area contributed by atoms with Crippen LogP contribution in [0.25, 0.3) is 0 Å². The number of fused-ring (bicyclic) bond motifs is 3. The molecule has 3 aliphatic heterocycles. The van der Waals surface area contributed by atoms with E-state index in [-0.39, 0.29) is 17.5 Å². The zero-order valence-corrected chi connectivity index (χ0v) is 18.9. The summed E-state index contributed by atoms with van der Waals surface area (Å²) in [6.07, 6.45) is 0.608. The molecule has 8 heteroatoms. The Hall–Kier alpha value is -2.45. The van der Waals surface area contributed by atoms with Gasteiger partial charge in [0.05, 0.1) is 5.56 Å². The van der Waals surface area contributed by atoms with Gasteiger partial charge in [-0.15, -0.1) is 0 Å². The number of piperidine rings is 3. The van der Waals surface area contributed by atoms with E-state index in [0.29, 0.717) is 18.4 Å². The van der Waals surface area contributed by atoms with Crippen molar-refractivity contribution in [2.24, 2.45) is 11.8 Å². The van der Waals surface area contributed by atoms with Crippen LogP contribution >= 0.6 is 0 Å². The van der Waals surface area contributed by atoms with Crippen LogP contribution in [0.15, 0.2) is 48.7 Å². The van der Waals surface area contributed by atoms with Crippen molar-refractivity contribution in [1.29, 1.82) is 0 Å². The maximum absolute atomic E-state index is 12.7. The number of pyridine rings is 1. The van der Waals surface area contributed by atoms with Crippen LogP contribution < -0.4 is 5.32 Å². The number of benzene rings is 1. The molecular formula is C25H31F3N4O. The topological polar surface area (TPSA) is 48.5 Å². The molecule has 4 atom stereocenters. The van der Waals surface area contributed by atoms with E-state index < -0.39 is 11.7 Å². The van der Waals surface area contributed by atoms with Crippen LogP contribution in [0.3, 0.4) is 0 Å². The quantitative estimate of drug-likeness (QED) is 0.653. The Balaban J connectivity index is 1.23. The highest BCUT2D eigenvalue weighted by Gasteiger charge is 2.40. The minimum Gasteiger partial charge on any atom is -0.350 e. The van der Waals surface area contributed by atoms with Crippen LogP contribution in [0.4, 0.5) is 13.2 Å². The molecule has 3 aliphatic rings. The van der Waals surface area contributed by atoms with Crippen molar-refractivity contribution >= 4 is 5.91 Å². The monoisotopic (exact) mass is 460 g/mol. The number of amides is 1. The molecule has 1 aromatic heterocycles. The highest BCUT2D eigenvalue weighted by atomic mass is 19.4. The van der Waals surface area contributed by atoms with E-state index in [4.69, 9.17) is 0 Å². The van der Waals surface area contributed by atoms with Gasteiger partial charge in [0.2, 0.25) is 0 Å². The molecule has 1 N–H and O–H groups in total. The Bertz CT molecular complexity index is 919. The Morgan fingerprint density at radius 2 is 2.00 bits per heavy atom. The van der Waals surface area contributed by atoms with Gasteiger partial charge in [0.1, 0.15) is 0 Å². The third kappa shape index (κ3) is 6.12. The molecule has 5 nitrogen and oxygen atoms in total. The number of rotatable bonds is 8. The summed E-state index contributed by atoms with van der Waals surface area (Å²) in [5.41, 5.74) is 0.624. The standard InChI is InChI=1S/C25H31F3N4O/c1-31(12-10-22-4-2-3-11-29-22)16-20-17-32-13-9-19(20)14-23(32)15-30-24(33)18-5-7-21(8-6-18)25(26,27)28/h2-8,11,19-20,23H,9-10,12-17H2,1H3,(H,30,33)/t19-,20-,23+/m0/s1. The van der Waals surface area contributed by atoms with Crippen molar-refractivity contribution in [3.63, 3.8) is 0 Å². The van der Waals surface area contributed by atoms with Crippen molar-refractivity contribution in [3.05, 3.63) is 65.5 Å². The van der Waals surface area contributed by atoms with E-state index in [1.54, 1.807) is 0 Å². The lowest BCUT2D eigenvalue weighted by Gasteiger charge is -2.50. The minimum atomic E-state index is -4.40. The molecule has 0 aliphatic carbocycles. The van der Waals surface area contributed by atoms with E-state index in [9.17, 15) is 18.0 Å². The average molecular weight is 461 g/mol. The summed E-state index contributed by atoms with van der Waals surface area (Å²) in [7, 11) is 2.17. The molecule has 2 bridgehead atoms. The van der Waals surface area contributed by atoms with E-state index >= 15 is 0 Å². The first-order valence-electron chi connectivity index (χ1n) is 11.6. The highest BCUT2D eigenvalue weighted by Crippen LogP contribution is 2.36. The van der Waals surface area contributed by atoms with E-state index in [2.05, 4.69) is 33.2 Å². The van der Waals surface area contributed by atoms with Gasteiger partial charge in [-0.1, -0.05) is 6.07 Å². The van der Waals surface area contributed by atoms with Gasteiger partial charge in [-0.2, -0.15) is 13.2 Å². The number of halogens is 3. The number of nitrogens with zero attached hydrogens (tertiary/aromatic N) is 3. The van der Waals surface area contributed by atoms with Crippen LogP contribution in [0.1, 0.15) is 34.5 Å². The lowest BCUT2D eigenvalue weighted by atomic mass is 9.75. The number of hydrogen-bond donors (Lipinski definition) is 1. The Kier molecular flexibility index (Phi) is 7.34. The predicted octanol–water partition coefficient (Wildman–Crippen LogP) is 3.72. The largest absolute Gasteiger partial charge is 0.416 e. The molecule has 178 valence electrons. The minimum absolute atomic E-state index is 0.256. The summed E-state index contributed by atoms with van der Waals surface area (Å²) in [6, 6.07) is 10.7. The molecule has 0 spiro atoms. The van der Waals surface area contributed by atoms with E-state index in [1.165, 1.54) is 18.6 Å². The van der Waals surface area contributed by atoms with Gasteiger partial charge in [0.25, 0.3) is 5.91 Å². The van der Waals surface area contributed by atoms with Crippen molar-refractivity contribution in [2.75, 3.05) is 39.8 Å². The predicted molar refractivity (Wildman–Crippen MR) is 121 cm³/mol. The molecule has 0 radical (unpaired) electrons. The lowest BCUT2D eigenvalue weighted by molar-refractivity contribution is -0.137. The van der Waals surface area contributed by atoms with Crippen LogP contribution in [0.5, 0.6) is 0 Å². The number of alkyl halides is 3. The number of carbonyl (C=O) groups is 1. The number of likely N-dealkylation sites (N-methyl/N-ethyl adjacent to an activating group) is 1. The maximum atomic E-state index is 12.7. The molecule has 1 aromatic carbocycles. The molecule has 3 saturated heterocycles. The van der Waals surface area contributed by atoms with Crippen molar-refractivity contribution in [2.45, 2.75) is 31.5 Å². The Labute approximate surface area is 193 Å². The number of aromatic nitrogens is 1. The van der Waals surface area contributed by atoms with Crippen molar-refractivity contribution in [1.82, 2.24) is 20.1 Å². The SMILES string of the molecule is CN(CCc1ccccn1)C[C@H]1CN2CC[C@H]1C[C@@H]2CNC(=O)c1ccc(C(F)(F)F)cc1. The fourth-order valence-electron chi connectivity index (χ4n) is 5.13. The summed E-state index contributed by atoms with van der Waals surface area (Å²) >= 11 is 0. The Morgan fingerprint density at radius 3 is 2.64 bits per heavy atom. The number of carbonyl (C=O) groups excluding carboxylic acids is 1. The second-order valence-electron chi connectivity index (χ2n) is 9.31. The van der Waals surface area contributed by atoms with E-state index in [0.717, 1.165) is 56.8 Å². The van der Waals surface area contributed by atoms with Crippen molar-refractivity contribution < 1.29 is 18.0 Å². The first-order chi connectivity index (χ1) is 15.8. The fraction of sp³-hybridized carbons (Fsp3) is 0.520. The maximum Gasteiger partial charge on any atom is 0.416 e. The highest BCUT2D eigenvalue weighted by molar-refractivity contribution is 5.94. The number of hydrogen-bond acceptors (Lipinski definition) is 4. The van der Waals surface area contributed by atoms with Gasteiger partial charge in [-0.25, -0.2) is 0 Å². The molecule has 0 saturated carbocycles. The molecule has 5 rings (SSSR count). The first-order valence-corrected chi connectivity index (χ1v) is 11.6. The molecule has 33 heavy (non-hydrogen) atoms. The van der Waals surface area contributed by atoms with E-state index in [1.807, 2.05) is 18.3 Å². The van der Waals surface area contributed by atoms with Crippen LogP contribution in [0, 0.1) is 11.8 Å². The molecule has 3 fully saturated rings. The zero-order valence-electron chi connectivity index (χ0n) is 18.9. The van der Waals surface area contributed by atoms with Gasteiger partial charge in [0, 0.05) is 56.1 Å². The Morgan fingerprint density at radius 1 is 1.21 bits per heavy atom. The third-order valence-electron chi connectivity index (χ3n) is 7.01. The second-order valence-corrected chi connectivity index (χ2v) is 9.31. The zero-order chi connectivity index (χ0) is 23.4. The van der Waals surface area contributed by atoms with Crippen LogP contribution in [-0.2, 0) is 12.6 Å². The smallest absolute Gasteiger partial charge is 0.350 e. The molecule has 2 aromatic rings. The average Bonchev–Trinajstić information content (AvgIpc) is 2.82. The third-order valence-corrected chi connectivity index (χ3v) is 7.01. The summed E-state index contributed by atoms with van der Waals surface area (Å²) in [5, 5.41) is 2.93. The molecule has 4 heterocycles. The fourth-order valence-corrected chi connectivity index (χ4v) is 5.13. The van der Waals surface area contributed by atoms with Gasteiger partial charge in [-0.3, -0.25) is 14.7 Å². The summed E-state index contributed by atoms with van der Waals surface area (Å²) < 4.78 is 38.2. The second kappa shape index (κ2) is 10.2. The normalized spacial score (nSPS) is 24.8. The van der Waals surface area contributed by atoms with Crippen LogP contribution in [-0.4, -0.2) is 66.5 Å². The summed E-state index contributed by atoms with van der Waals surface area (Å²) in [6.45, 7) is 4.63. The van der Waals surface area contributed by atoms with Crippen molar-refractivity contribution in [3.8, 4) is 0 Å².